The Hall–Kier alpha value is -1.28. The average molecular weight is 262 g/mol. The van der Waals surface area contributed by atoms with Crippen molar-refractivity contribution >= 4 is 21.6 Å². The Balaban J connectivity index is 2.82. The summed E-state index contributed by atoms with van der Waals surface area (Å²) in [6.45, 7) is 2.11. The fourth-order valence-corrected chi connectivity index (χ4v) is 2.55. The van der Waals surface area contributed by atoms with Crippen molar-refractivity contribution in [1.29, 1.82) is 0 Å². The average Bonchev–Trinajstić information content (AvgIpc) is 2.42. The smallest absolute Gasteiger partial charge is 0.265 e. The molecule has 1 rings (SSSR count). The van der Waals surface area contributed by atoms with E-state index in [-0.39, 0.29) is 11.7 Å². The van der Waals surface area contributed by atoms with Gasteiger partial charge in [-0.25, -0.2) is 4.68 Å². The summed E-state index contributed by atoms with van der Waals surface area (Å²) < 4.78 is 31.9. The van der Waals surface area contributed by atoms with Gasteiger partial charge in [-0.1, -0.05) is 6.92 Å². The Morgan fingerprint density at radius 3 is 2.65 bits per heavy atom. The topological polar surface area (TPSA) is 101 Å². The lowest BCUT2D eigenvalue weighted by atomic mass is 10.2. The lowest BCUT2D eigenvalue weighted by molar-refractivity contribution is 0.441. The van der Waals surface area contributed by atoms with Crippen LogP contribution in [-0.4, -0.2) is 42.6 Å². The van der Waals surface area contributed by atoms with Gasteiger partial charge in [-0.2, -0.15) is 13.5 Å². The van der Waals surface area contributed by atoms with Crippen LogP contribution in [0.4, 0.5) is 11.5 Å². The highest BCUT2D eigenvalue weighted by Gasteiger charge is 2.16. The van der Waals surface area contributed by atoms with E-state index in [9.17, 15) is 8.42 Å². The molecule has 7 nitrogen and oxygen atoms in total. The molecule has 3 N–H and O–H groups in total. The van der Waals surface area contributed by atoms with Crippen molar-refractivity contribution in [3.63, 3.8) is 0 Å². The quantitative estimate of drug-likeness (QED) is 0.727. The largest absolute Gasteiger partial charge is 0.394 e. The zero-order chi connectivity index (χ0) is 13.2. The number of hydrogen-bond acceptors (Lipinski definition) is 5. The maximum Gasteiger partial charge on any atom is 0.265 e. The first-order valence-corrected chi connectivity index (χ1v) is 6.75. The van der Waals surface area contributed by atoms with Crippen LogP contribution >= 0.6 is 0 Å². The molecule has 0 aliphatic heterocycles. The van der Waals surface area contributed by atoms with E-state index < -0.39 is 10.1 Å². The number of hydrogen-bond donors (Lipinski definition) is 2. The molecule has 0 spiro atoms. The third-order valence-corrected chi connectivity index (χ3v) is 3.23. The van der Waals surface area contributed by atoms with Crippen LogP contribution in [0.3, 0.4) is 0 Å². The van der Waals surface area contributed by atoms with Gasteiger partial charge >= 0.3 is 0 Å². The molecule has 0 saturated heterocycles. The summed E-state index contributed by atoms with van der Waals surface area (Å²) in [5, 5.41) is 4.08. The van der Waals surface area contributed by atoms with Crippen LogP contribution in [-0.2, 0) is 16.7 Å². The van der Waals surface area contributed by atoms with Crippen LogP contribution in [0.25, 0.3) is 0 Å². The standard InChI is InChI=1S/C9H18N4O3S/c1-7(6-17(14,15)16)5-13-9(12(2)3)8(10)4-11-13/h4,7H,5-6,10H2,1-3H3,(H,14,15,16). The minimum Gasteiger partial charge on any atom is -0.394 e. The van der Waals surface area contributed by atoms with Gasteiger partial charge in [0.25, 0.3) is 10.1 Å². The fraction of sp³-hybridized carbons (Fsp3) is 0.667. The van der Waals surface area contributed by atoms with E-state index >= 15 is 0 Å². The van der Waals surface area contributed by atoms with Crippen molar-refractivity contribution in [1.82, 2.24) is 9.78 Å². The molecule has 1 unspecified atom stereocenters. The van der Waals surface area contributed by atoms with Crippen molar-refractivity contribution in [2.45, 2.75) is 13.5 Å². The summed E-state index contributed by atoms with van der Waals surface area (Å²) >= 11 is 0. The zero-order valence-corrected chi connectivity index (χ0v) is 11.0. The molecule has 0 aromatic carbocycles. The molecule has 0 aliphatic rings. The van der Waals surface area contributed by atoms with Crippen LogP contribution < -0.4 is 10.6 Å². The van der Waals surface area contributed by atoms with Crippen LogP contribution in [0.1, 0.15) is 6.92 Å². The Kier molecular flexibility index (Phi) is 3.99. The zero-order valence-electron chi connectivity index (χ0n) is 10.2. The molecule has 1 aromatic rings. The van der Waals surface area contributed by atoms with Crippen LogP contribution in [0.15, 0.2) is 6.20 Å². The van der Waals surface area contributed by atoms with E-state index in [0.717, 1.165) is 5.82 Å². The minimum atomic E-state index is -3.96. The molecule has 1 atom stereocenters. The maximum absolute atomic E-state index is 10.7. The highest BCUT2D eigenvalue weighted by atomic mass is 32.2. The molecule has 1 aromatic heterocycles. The van der Waals surface area contributed by atoms with E-state index in [4.69, 9.17) is 10.3 Å². The summed E-state index contributed by atoms with van der Waals surface area (Å²) in [6.07, 6.45) is 1.52. The van der Waals surface area contributed by atoms with E-state index in [0.29, 0.717) is 12.2 Å². The van der Waals surface area contributed by atoms with Gasteiger partial charge in [0.15, 0.2) is 0 Å². The normalized spacial score (nSPS) is 13.6. The molecule has 8 heteroatoms. The molecule has 1 heterocycles. The lowest BCUT2D eigenvalue weighted by Crippen LogP contribution is -2.22. The van der Waals surface area contributed by atoms with Crippen molar-refractivity contribution in [2.24, 2.45) is 5.92 Å². The predicted molar refractivity (Wildman–Crippen MR) is 66.5 cm³/mol. The summed E-state index contributed by atoms with van der Waals surface area (Å²) in [5.41, 5.74) is 6.29. The second kappa shape index (κ2) is 4.92. The summed E-state index contributed by atoms with van der Waals surface area (Å²) in [5.74, 6) is 0.190. The number of rotatable bonds is 5. The Bertz CT molecular complexity index is 480. The van der Waals surface area contributed by atoms with Gasteiger partial charge in [-0.05, 0) is 5.92 Å². The number of nitrogens with zero attached hydrogens (tertiary/aromatic N) is 3. The van der Waals surface area contributed by atoms with E-state index in [1.54, 1.807) is 11.6 Å². The van der Waals surface area contributed by atoms with Crippen molar-refractivity contribution in [3.8, 4) is 0 Å². The molecule has 0 radical (unpaired) electrons. The van der Waals surface area contributed by atoms with E-state index in [1.165, 1.54) is 6.20 Å². The van der Waals surface area contributed by atoms with Crippen molar-refractivity contribution in [3.05, 3.63) is 6.20 Å². The molecule has 0 fully saturated rings. The van der Waals surface area contributed by atoms with Crippen LogP contribution in [0.2, 0.25) is 0 Å². The SMILES string of the molecule is CC(Cn1ncc(N)c1N(C)C)CS(=O)(=O)O. The van der Waals surface area contributed by atoms with Crippen molar-refractivity contribution < 1.29 is 13.0 Å². The van der Waals surface area contributed by atoms with Gasteiger partial charge < -0.3 is 10.6 Å². The van der Waals surface area contributed by atoms with Gasteiger partial charge in [0.1, 0.15) is 5.82 Å². The minimum absolute atomic E-state index is 0.247. The Morgan fingerprint density at radius 2 is 2.18 bits per heavy atom. The number of anilines is 2. The number of nitrogen functional groups attached to an aromatic ring is 1. The second-order valence-electron chi connectivity index (χ2n) is 4.35. The molecular formula is C9H18N4O3S. The van der Waals surface area contributed by atoms with Crippen LogP contribution in [0.5, 0.6) is 0 Å². The molecule has 0 bridgehead atoms. The van der Waals surface area contributed by atoms with Gasteiger partial charge in [-0.15, -0.1) is 0 Å². The van der Waals surface area contributed by atoms with Crippen molar-refractivity contribution in [2.75, 3.05) is 30.5 Å². The second-order valence-corrected chi connectivity index (χ2v) is 5.85. The van der Waals surface area contributed by atoms with Gasteiger partial charge in [0.05, 0.1) is 17.6 Å². The molecule has 0 saturated carbocycles. The highest BCUT2D eigenvalue weighted by Crippen LogP contribution is 2.21. The van der Waals surface area contributed by atoms with E-state index in [2.05, 4.69) is 5.10 Å². The molecular weight excluding hydrogens is 244 g/mol. The molecule has 0 amide bonds. The third kappa shape index (κ3) is 3.90. The fourth-order valence-electron chi connectivity index (χ4n) is 1.72. The molecule has 0 aliphatic carbocycles. The number of nitrogens with two attached hydrogens (primary N) is 1. The molecule has 98 valence electrons. The van der Waals surface area contributed by atoms with Crippen LogP contribution in [0, 0.1) is 5.92 Å². The first kappa shape index (κ1) is 13.8. The third-order valence-electron chi connectivity index (χ3n) is 2.24. The summed E-state index contributed by atoms with van der Waals surface area (Å²) in [7, 11) is -0.294. The summed E-state index contributed by atoms with van der Waals surface area (Å²) in [6, 6.07) is 0. The summed E-state index contributed by atoms with van der Waals surface area (Å²) in [4.78, 5) is 1.81. The maximum atomic E-state index is 10.7. The molecule has 17 heavy (non-hydrogen) atoms. The lowest BCUT2D eigenvalue weighted by Gasteiger charge is -2.18. The first-order chi connectivity index (χ1) is 7.70. The predicted octanol–water partition coefficient (Wildman–Crippen LogP) is 0.0552. The highest BCUT2D eigenvalue weighted by molar-refractivity contribution is 7.85. The first-order valence-electron chi connectivity index (χ1n) is 5.14. The monoisotopic (exact) mass is 262 g/mol. The van der Waals surface area contributed by atoms with Gasteiger partial charge in [0, 0.05) is 20.6 Å². The van der Waals surface area contributed by atoms with Gasteiger partial charge in [0.2, 0.25) is 0 Å². The number of aromatic nitrogens is 2. The Labute approximate surface area is 101 Å². The van der Waals surface area contributed by atoms with Gasteiger partial charge in [-0.3, -0.25) is 4.55 Å². The van der Waals surface area contributed by atoms with E-state index in [1.807, 2.05) is 19.0 Å². The Morgan fingerprint density at radius 1 is 1.59 bits per heavy atom.